The highest BCUT2D eigenvalue weighted by Gasteiger charge is 2.13. The Morgan fingerprint density at radius 3 is 2.54 bits per heavy atom. The van der Waals surface area contributed by atoms with Crippen molar-refractivity contribution in [3.8, 4) is 0 Å². The van der Waals surface area contributed by atoms with Gasteiger partial charge in [0.2, 0.25) is 5.95 Å². The van der Waals surface area contributed by atoms with Crippen LogP contribution in [0.2, 0.25) is 0 Å². The number of amidine groups is 1. The summed E-state index contributed by atoms with van der Waals surface area (Å²) >= 11 is 0. The van der Waals surface area contributed by atoms with Crippen molar-refractivity contribution in [1.29, 1.82) is 5.41 Å². The van der Waals surface area contributed by atoms with Crippen LogP contribution in [0.1, 0.15) is 23.1 Å². The third kappa shape index (κ3) is 6.02. The average molecular weight is 383 g/mol. The number of nitrogens with two attached hydrogens (primary N) is 1. The maximum Gasteiger partial charge on any atom is 0.313 e. The highest BCUT2D eigenvalue weighted by atomic mass is 16.5. The molecule has 1 aromatic carbocycles. The highest BCUT2D eigenvalue weighted by molar-refractivity contribution is 5.94. The minimum atomic E-state index is -0.490. The van der Waals surface area contributed by atoms with Crippen molar-refractivity contribution in [2.75, 3.05) is 31.2 Å². The molecular formula is C20H25N5O3. The predicted octanol–water partition coefficient (Wildman–Crippen LogP) is 1.47. The average Bonchev–Trinajstić information content (AvgIpc) is 2.72. The summed E-state index contributed by atoms with van der Waals surface area (Å²) < 4.78 is 10.5. The Bertz CT molecular complexity index is 804. The van der Waals surface area contributed by atoms with Crippen molar-refractivity contribution in [3.05, 3.63) is 53.3 Å². The van der Waals surface area contributed by atoms with Gasteiger partial charge in [-0.1, -0.05) is 24.3 Å². The lowest BCUT2D eigenvalue weighted by Crippen LogP contribution is -2.37. The maximum atomic E-state index is 11.5. The summed E-state index contributed by atoms with van der Waals surface area (Å²) in [6.07, 6.45) is 5.25. The monoisotopic (exact) mass is 383 g/mol. The molecule has 8 nitrogen and oxygen atoms in total. The lowest BCUT2D eigenvalue weighted by Gasteiger charge is -2.26. The van der Waals surface area contributed by atoms with Gasteiger partial charge in [-0.3, -0.25) is 10.2 Å². The summed E-state index contributed by atoms with van der Waals surface area (Å²) in [7, 11) is 0. The van der Waals surface area contributed by atoms with Crippen molar-refractivity contribution in [2.45, 2.75) is 25.9 Å². The summed E-state index contributed by atoms with van der Waals surface area (Å²) in [6, 6.07) is 7.92. The number of aromatic nitrogens is 2. The summed E-state index contributed by atoms with van der Waals surface area (Å²) in [6.45, 7) is 3.25. The number of morpholine rings is 1. The molecule has 0 amide bonds. The Kier molecular flexibility index (Phi) is 6.91. The molecule has 1 saturated heterocycles. The first-order chi connectivity index (χ1) is 13.6. The molecule has 2 aromatic rings. The van der Waals surface area contributed by atoms with Crippen LogP contribution in [0.25, 0.3) is 0 Å². The van der Waals surface area contributed by atoms with Crippen molar-refractivity contribution in [1.82, 2.24) is 9.97 Å². The number of aryl methyl sites for hydroxylation is 2. The Balaban J connectivity index is 1.50. The maximum absolute atomic E-state index is 11.5. The van der Waals surface area contributed by atoms with Gasteiger partial charge in [0, 0.05) is 25.5 Å². The standard InChI is InChI=1S/C20H25N5O3/c21-18(22)11-19(26)28-14-16-3-1-2-15(10-16)4-5-17-12-23-20(24-13-17)25-6-8-27-9-7-25/h1-3,10,12-13H,4-9,11,14H2,(H3,21,22). The fourth-order valence-corrected chi connectivity index (χ4v) is 2.94. The van der Waals surface area contributed by atoms with E-state index in [1.807, 2.05) is 36.7 Å². The summed E-state index contributed by atoms with van der Waals surface area (Å²) in [4.78, 5) is 22.6. The molecule has 0 aliphatic carbocycles. The molecule has 1 fully saturated rings. The van der Waals surface area contributed by atoms with Crippen molar-refractivity contribution in [2.24, 2.45) is 5.73 Å². The number of anilines is 1. The molecule has 1 aliphatic rings. The van der Waals surface area contributed by atoms with E-state index in [0.29, 0.717) is 13.2 Å². The van der Waals surface area contributed by atoms with Crippen LogP contribution in [0.3, 0.4) is 0 Å². The van der Waals surface area contributed by atoms with Crippen molar-refractivity contribution in [3.63, 3.8) is 0 Å². The van der Waals surface area contributed by atoms with E-state index in [4.69, 9.17) is 20.6 Å². The zero-order valence-corrected chi connectivity index (χ0v) is 15.8. The first-order valence-electron chi connectivity index (χ1n) is 9.30. The molecule has 0 saturated carbocycles. The van der Waals surface area contributed by atoms with Crippen LogP contribution in [0, 0.1) is 5.41 Å². The fourth-order valence-electron chi connectivity index (χ4n) is 2.94. The number of benzene rings is 1. The van der Waals surface area contributed by atoms with Crippen LogP contribution in [-0.2, 0) is 33.7 Å². The molecule has 1 aliphatic heterocycles. The normalized spacial score (nSPS) is 13.9. The molecule has 3 rings (SSSR count). The molecule has 0 bridgehead atoms. The molecule has 1 aromatic heterocycles. The fraction of sp³-hybridized carbons (Fsp3) is 0.400. The number of nitrogens with zero attached hydrogens (tertiary/aromatic N) is 3. The van der Waals surface area contributed by atoms with E-state index in [1.54, 1.807) is 0 Å². The SMILES string of the molecule is N=C(N)CC(=O)OCc1cccc(CCc2cnc(N3CCOCC3)nc2)c1. The van der Waals surface area contributed by atoms with Gasteiger partial charge in [-0.05, 0) is 29.5 Å². The van der Waals surface area contributed by atoms with Gasteiger partial charge in [-0.15, -0.1) is 0 Å². The molecule has 8 heteroatoms. The molecule has 0 radical (unpaired) electrons. The smallest absolute Gasteiger partial charge is 0.313 e. The third-order valence-electron chi connectivity index (χ3n) is 4.41. The zero-order valence-electron chi connectivity index (χ0n) is 15.8. The van der Waals surface area contributed by atoms with Gasteiger partial charge >= 0.3 is 5.97 Å². The Hall–Kier alpha value is -3.00. The van der Waals surface area contributed by atoms with Crippen LogP contribution in [0.5, 0.6) is 0 Å². The topological polar surface area (TPSA) is 114 Å². The molecule has 0 spiro atoms. The van der Waals surface area contributed by atoms with Gasteiger partial charge in [0.1, 0.15) is 18.9 Å². The lowest BCUT2D eigenvalue weighted by molar-refractivity contribution is -0.143. The first kappa shape index (κ1) is 19.8. The minimum absolute atomic E-state index is 0.178. The molecule has 3 N–H and O–H groups in total. The number of carbonyl (C=O) groups is 1. The second-order valence-corrected chi connectivity index (χ2v) is 6.67. The number of ether oxygens (including phenoxy) is 2. The van der Waals surface area contributed by atoms with Crippen LogP contribution in [0.4, 0.5) is 5.95 Å². The van der Waals surface area contributed by atoms with Gasteiger partial charge in [-0.2, -0.15) is 0 Å². The minimum Gasteiger partial charge on any atom is -0.460 e. The van der Waals surface area contributed by atoms with Crippen molar-refractivity contribution >= 4 is 17.8 Å². The third-order valence-corrected chi connectivity index (χ3v) is 4.41. The number of hydrogen-bond acceptors (Lipinski definition) is 7. The molecule has 2 heterocycles. The number of rotatable bonds is 8. The predicted molar refractivity (Wildman–Crippen MR) is 105 cm³/mol. The molecule has 28 heavy (non-hydrogen) atoms. The van der Waals surface area contributed by atoms with Gasteiger partial charge in [-0.25, -0.2) is 9.97 Å². The Labute approximate surface area is 164 Å². The molecular weight excluding hydrogens is 358 g/mol. The molecule has 148 valence electrons. The van der Waals surface area contributed by atoms with Crippen LogP contribution < -0.4 is 10.6 Å². The Morgan fingerprint density at radius 1 is 1.14 bits per heavy atom. The van der Waals surface area contributed by atoms with Gasteiger partial charge in [0.05, 0.1) is 13.2 Å². The number of carbonyl (C=O) groups excluding carboxylic acids is 1. The van der Waals surface area contributed by atoms with Gasteiger partial charge in [0.25, 0.3) is 0 Å². The highest BCUT2D eigenvalue weighted by Crippen LogP contribution is 2.13. The number of nitrogens with one attached hydrogen (secondary N) is 1. The second kappa shape index (κ2) is 9.80. The molecule has 0 unspecified atom stereocenters. The van der Waals surface area contributed by atoms with E-state index in [0.717, 1.165) is 48.6 Å². The quantitative estimate of drug-likeness (QED) is 0.403. The van der Waals surface area contributed by atoms with E-state index in [1.165, 1.54) is 0 Å². The van der Waals surface area contributed by atoms with Crippen LogP contribution in [-0.4, -0.2) is 48.1 Å². The first-order valence-corrected chi connectivity index (χ1v) is 9.30. The van der Waals surface area contributed by atoms with Crippen LogP contribution >= 0.6 is 0 Å². The van der Waals surface area contributed by atoms with Gasteiger partial charge in [0.15, 0.2) is 0 Å². The Morgan fingerprint density at radius 2 is 1.82 bits per heavy atom. The largest absolute Gasteiger partial charge is 0.460 e. The number of esters is 1. The summed E-state index contributed by atoms with van der Waals surface area (Å²) in [5.41, 5.74) is 8.34. The van der Waals surface area contributed by atoms with E-state index in [2.05, 4.69) is 14.9 Å². The summed E-state index contributed by atoms with van der Waals surface area (Å²) in [5, 5.41) is 7.11. The zero-order chi connectivity index (χ0) is 19.8. The van der Waals surface area contributed by atoms with Crippen molar-refractivity contribution < 1.29 is 14.3 Å². The van der Waals surface area contributed by atoms with E-state index in [-0.39, 0.29) is 18.9 Å². The second-order valence-electron chi connectivity index (χ2n) is 6.67. The molecule has 0 atom stereocenters. The summed E-state index contributed by atoms with van der Waals surface area (Å²) in [5.74, 6) is 0.0671. The van der Waals surface area contributed by atoms with E-state index >= 15 is 0 Å². The van der Waals surface area contributed by atoms with Crippen LogP contribution in [0.15, 0.2) is 36.7 Å². The van der Waals surface area contributed by atoms with E-state index in [9.17, 15) is 4.79 Å². The number of hydrogen-bond donors (Lipinski definition) is 2. The van der Waals surface area contributed by atoms with Gasteiger partial charge < -0.3 is 20.1 Å². The van der Waals surface area contributed by atoms with E-state index < -0.39 is 5.97 Å². The lowest BCUT2D eigenvalue weighted by atomic mass is 10.0.